The van der Waals surface area contributed by atoms with Gasteiger partial charge in [-0.3, -0.25) is 9.59 Å². The summed E-state index contributed by atoms with van der Waals surface area (Å²) < 4.78 is 9.08. The number of hydrogen-bond donors (Lipinski definition) is 0. The lowest BCUT2D eigenvalue weighted by Crippen LogP contribution is -2.19. The van der Waals surface area contributed by atoms with Crippen LogP contribution in [0.25, 0.3) is 60.0 Å². The van der Waals surface area contributed by atoms with Crippen molar-refractivity contribution in [3.05, 3.63) is 218 Å². The molecule has 3 heterocycles. The zero-order chi connectivity index (χ0) is 37.7. The molecule has 3 aromatic heterocycles. The third-order valence-electron chi connectivity index (χ3n) is 14.4. The summed E-state index contributed by atoms with van der Waals surface area (Å²) in [5.41, 5.74) is 17.6. The Morgan fingerprint density at radius 1 is 0.362 bits per heavy atom. The highest BCUT2D eigenvalue weighted by atomic mass is 16.3. The Labute approximate surface area is 330 Å². The van der Waals surface area contributed by atoms with E-state index in [0.717, 1.165) is 105 Å². The number of benzene rings is 8. The number of furan rings is 1. The highest BCUT2D eigenvalue weighted by Crippen LogP contribution is 2.56. The first-order valence-corrected chi connectivity index (χ1v) is 20.2. The van der Waals surface area contributed by atoms with Gasteiger partial charge in [-0.25, -0.2) is 0 Å². The standard InChI is InChI=1S/C54H29NO3/c56-53-39-23-42-35(21-36(39)46-26-11-1-5-15-30(26)48(53)31-16-6-2-12-27(31)46)38-25-45-50(34-19-9-10-20-44(34)58-45)51-41-22-37-40(24-43(41)55(42)52(38)51)54(57)49-32-17-7-3-13-28(32)47(37)29-14-4-8-18-33(29)49/h1-25,46-49H. The molecule has 6 aliphatic carbocycles. The van der Waals surface area contributed by atoms with Crippen LogP contribution in [0.15, 0.2) is 156 Å². The summed E-state index contributed by atoms with van der Waals surface area (Å²) in [5.74, 6) is -0.604. The van der Waals surface area contributed by atoms with E-state index in [1.165, 1.54) is 22.3 Å². The van der Waals surface area contributed by atoms with Gasteiger partial charge in [0.15, 0.2) is 11.6 Å². The number of Topliss-reactive ketones (excluding diaryl/α,β-unsaturated/α-hetero) is 2. The van der Waals surface area contributed by atoms with Crippen LogP contribution in [-0.4, -0.2) is 16.0 Å². The van der Waals surface area contributed by atoms with Gasteiger partial charge in [0.2, 0.25) is 0 Å². The Bertz CT molecular complexity index is 3670. The number of carbonyl (C=O) groups excluding carboxylic acids is 2. The SMILES string of the molecule is O=C1c2cc3c(cc2C2c4ccccc4C1c1ccccc12)c1cc2oc4ccccc4c2c2c4cc5c(cc4n3c12)C(=O)C1c2ccccc2C5c2ccccc21. The predicted octanol–water partition coefficient (Wildman–Crippen LogP) is 12.4. The summed E-state index contributed by atoms with van der Waals surface area (Å²) in [6, 6.07) is 53.6. The molecule has 0 saturated heterocycles. The third-order valence-corrected chi connectivity index (χ3v) is 14.4. The van der Waals surface area contributed by atoms with Crippen molar-refractivity contribution in [2.24, 2.45) is 0 Å². The maximum Gasteiger partial charge on any atom is 0.175 e. The Kier molecular flexibility index (Phi) is 5.15. The number of nitrogens with zero attached hydrogens (tertiary/aromatic N) is 1. The van der Waals surface area contributed by atoms with E-state index in [1.807, 2.05) is 12.1 Å². The number of aromatic nitrogens is 1. The smallest absolute Gasteiger partial charge is 0.175 e. The molecular formula is C54H29NO3. The van der Waals surface area contributed by atoms with Crippen molar-refractivity contribution >= 4 is 71.6 Å². The fraction of sp³-hybridized carbons (Fsp3) is 0.0741. The lowest BCUT2D eigenvalue weighted by molar-refractivity contribution is 0.0966. The Hall–Kier alpha value is -7.30. The van der Waals surface area contributed by atoms with E-state index >= 15 is 9.59 Å². The fourth-order valence-electron chi connectivity index (χ4n) is 12.2. The predicted molar refractivity (Wildman–Crippen MR) is 228 cm³/mol. The zero-order valence-corrected chi connectivity index (χ0v) is 30.9. The summed E-state index contributed by atoms with van der Waals surface area (Å²) in [7, 11) is 0. The monoisotopic (exact) mass is 739 g/mol. The van der Waals surface area contributed by atoms with Crippen molar-refractivity contribution in [3.8, 4) is 0 Å². The minimum absolute atomic E-state index is 0.0651. The Balaban J connectivity index is 1.12. The van der Waals surface area contributed by atoms with Crippen LogP contribution < -0.4 is 0 Å². The van der Waals surface area contributed by atoms with Crippen LogP contribution in [0.1, 0.15) is 100 Å². The Morgan fingerprint density at radius 2 is 0.793 bits per heavy atom. The van der Waals surface area contributed by atoms with Crippen LogP contribution in [-0.2, 0) is 0 Å². The van der Waals surface area contributed by atoms with Crippen LogP contribution in [0, 0.1) is 0 Å². The molecule has 268 valence electrons. The average Bonchev–Trinajstić information content (AvgIpc) is 3.82. The largest absolute Gasteiger partial charge is 0.456 e. The third kappa shape index (κ3) is 3.28. The molecule has 0 saturated carbocycles. The molecule has 0 N–H and O–H groups in total. The minimum atomic E-state index is -0.371. The number of fused-ring (bicyclic) bond motifs is 10. The molecule has 58 heavy (non-hydrogen) atoms. The van der Waals surface area contributed by atoms with Crippen molar-refractivity contribution in [2.75, 3.05) is 0 Å². The second kappa shape index (κ2) is 9.98. The van der Waals surface area contributed by atoms with E-state index in [2.05, 4.69) is 144 Å². The highest BCUT2D eigenvalue weighted by Gasteiger charge is 2.45. The van der Waals surface area contributed by atoms with E-state index in [9.17, 15) is 0 Å². The van der Waals surface area contributed by atoms with E-state index in [-0.39, 0.29) is 35.2 Å². The molecule has 0 amide bonds. The van der Waals surface area contributed by atoms with E-state index < -0.39 is 0 Å². The Morgan fingerprint density at radius 3 is 1.31 bits per heavy atom. The lowest BCUT2D eigenvalue weighted by Gasteiger charge is -2.30. The van der Waals surface area contributed by atoms with Crippen molar-refractivity contribution in [2.45, 2.75) is 23.7 Å². The molecule has 0 unspecified atom stereocenters. The zero-order valence-electron chi connectivity index (χ0n) is 30.9. The topological polar surface area (TPSA) is 51.7 Å². The summed E-state index contributed by atoms with van der Waals surface area (Å²) in [6.45, 7) is 0. The molecule has 4 nitrogen and oxygen atoms in total. The second-order valence-corrected chi connectivity index (χ2v) is 16.8. The molecule has 0 radical (unpaired) electrons. The molecule has 0 aliphatic heterocycles. The second-order valence-electron chi connectivity index (χ2n) is 16.8. The summed E-state index contributed by atoms with van der Waals surface area (Å²) in [6.07, 6.45) is 0. The van der Waals surface area contributed by atoms with Crippen molar-refractivity contribution in [3.63, 3.8) is 0 Å². The van der Waals surface area contributed by atoms with Gasteiger partial charge in [-0.2, -0.15) is 0 Å². The summed E-state index contributed by atoms with van der Waals surface area (Å²) in [5, 5.41) is 6.53. The van der Waals surface area contributed by atoms with Gasteiger partial charge in [-0.1, -0.05) is 115 Å². The maximum atomic E-state index is 15.2. The van der Waals surface area contributed by atoms with E-state index in [4.69, 9.17) is 4.42 Å². The first-order chi connectivity index (χ1) is 28.6. The van der Waals surface area contributed by atoms with Gasteiger partial charge in [0.25, 0.3) is 0 Å². The van der Waals surface area contributed by atoms with Crippen molar-refractivity contribution in [1.82, 2.24) is 4.40 Å². The van der Waals surface area contributed by atoms with Gasteiger partial charge in [-0.05, 0) is 92.0 Å². The first kappa shape index (κ1) is 29.9. The molecule has 11 aromatic rings. The molecule has 6 aliphatic rings. The van der Waals surface area contributed by atoms with Crippen molar-refractivity contribution in [1.29, 1.82) is 0 Å². The minimum Gasteiger partial charge on any atom is -0.456 e. The number of para-hydroxylation sites is 1. The number of rotatable bonds is 0. The van der Waals surface area contributed by atoms with Gasteiger partial charge < -0.3 is 8.82 Å². The van der Waals surface area contributed by atoms with E-state index in [1.54, 1.807) is 0 Å². The van der Waals surface area contributed by atoms with Gasteiger partial charge in [0.1, 0.15) is 11.2 Å². The summed E-state index contributed by atoms with van der Waals surface area (Å²) in [4.78, 5) is 30.3. The van der Waals surface area contributed by atoms with Gasteiger partial charge in [-0.15, -0.1) is 0 Å². The van der Waals surface area contributed by atoms with Crippen molar-refractivity contribution < 1.29 is 14.0 Å². The summed E-state index contributed by atoms with van der Waals surface area (Å²) >= 11 is 0. The average molecular weight is 740 g/mol. The number of carbonyl (C=O) groups is 2. The molecule has 4 heteroatoms. The van der Waals surface area contributed by atoms with E-state index in [0.29, 0.717) is 0 Å². The normalized spacial score (nSPS) is 19.8. The quantitative estimate of drug-likeness (QED) is 0.156. The molecule has 4 bridgehead atoms. The van der Waals surface area contributed by atoms with Crippen LogP contribution in [0.2, 0.25) is 0 Å². The van der Waals surface area contributed by atoms with Gasteiger partial charge in [0.05, 0.1) is 28.4 Å². The number of hydrogen-bond acceptors (Lipinski definition) is 3. The highest BCUT2D eigenvalue weighted by molar-refractivity contribution is 6.35. The van der Waals surface area contributed by atoms with Crippen LogP contribution >= 0.6 is 0 Å². The maximum absolute atomic E-state index is 15.2. The molecule has 17 rings (SSSR count). The fourth-order valence-corrected chi connectivity index (χ4v) is 12.2. The lowest BCUT2D eigenvalue weighted by atomic mass is 9.72. The molecule has 0 fully saturated rings. The molecule has 0 atom stereocenters. The first-order valence-electron chi connectivity index (χ1n) is 20.2. The number of ketones is 2. The van der Waals surface area contributed by atoms with Gasteiger partial charge in [0, 0.05) is 55.3 Å². The van der Waals surface area contributed by atoms with Crippen LogP contribution in [0.5, 0.6) is 0 Å². The molecular weight excluding hydrogens is 711 g/mol. The van der Waals surface area contributed by atoms with Crippen LogP contribution in [0.3, 0.4) is 0 Å². The van der Waals surface area contributed by atoms with Crippen LogP contribution in [0.4, 0.5) is 0 Å². The molecule has 8 aromatic carbocycles. The molecule has 0 spiro atoms. The van der Waals surface area contributed by atoms with Gasteiger partial charge >= 0.3 is 0 Å².